The lowest BCUT2D eigenvalue weighted by atomic mass is 9.95. The Kier molecular flexibility index (Phi) is 6.06. The molecular weight excluding hydrogens is 402 g/mol. The molecular formula is C26H27N3O3. The standard InChI is InChI=1S/C26H27N3O3/c1-4-29(5-2)18-13-22(30)25-24(14-18)32-23-15-19(16(3)11-21(23)28-25)26(31)20(27)12-17-9-7-6-8-10-17/h6-11,13-15,20H,4-5,12,27H2,1-3H3/t20-/m0/s1. The SMILES string of the molecule is CCN(CC)c1cc2oc3cc(C(=O)[C@@H](N)Cc4ccccc4)c(C)cc3nc-2c(=O)c1. The zero-order valence-electron chi connectivity index (χ0n) is 18.6. The number of carbonyl (C=O) groups is 1. The van der Waals surface area contributed by atoms with Crippen LogP contribution in [0.3, 0.4) is 0 Å². The first-order valence-corrected chi connectivity index (χ1v) is 10.9. The summed E-state index contributed by atoms with van der Waals surface area (Å²) in [6, 6.07) is 15.9. The molecule has 164 valence electrons. The number of fused-ring (bicyclic) bond motifs is 2. The number of aromatic nitrogens is 1. The van der Waals surface area contributed by atoms with Crippen LogP contribution in [0.4, 0.5) is 5.69 Å². The van der Waals surface area contributed by atoms with Crippen molar-refractivity contribution in [3.8, 4) is 11.5 Å². The third kappa shape index (κ3) is 4.14. The number of hydrogen-bond acceptors (Lipinski definition) is 6. The van der Waals surface area contributed by atoms with Gasteiger partial charge in [-0.15, -0.1) is 0 Å². The maximum Gasteiger partial charge on any atom is 0.210 e. The average molecular weight is 430 g/mol. The molecule has 0 saturated heterocycles. The highest BCUT2D eigenvalue weighted by molar-refractivity contribution is 6.03. The lowest BCUT2D eigenvalue weighted by Crippen LogP contribution is -2.33. The van der Waals surface area contributed by atoms with E-state index >= 15 is 0 Å². The summed E-state index contributed by atoms with van der Waals surface area (Å²) < 4.78 is 6.07. The van der Waals surface area contributed by atoms with Crippen LogP contribution >= 0.6 is 0 Å². The molecule has 0 saturated carbocycles. The molecule has 1 heterocycles. The van der Waals surface area contributed by atoms with Gasteiger partial charge >= 0.3 is 0 Å². The van der Waals surface area contributed by atoms with Crippen molar-refractivity contribution in [2.24, 2.45) is 5.73 Å². The zero-order chi connectivity index (χ0) is 22.8. The molecule has 1 atom stereocenters. The highest BCUT2D eigenvalue weighted by atomic mass is 16.3. The van der Waals surface area contributed by atoms with E-state index in [4.69, 9.17) is 10.2 Å². The quantitative estimate of drug-likeness (QED) is 0.350. The van der Waals surface area contributed by atoms with E-state index in [1.807, 2.05) is 57.2 Å². The molecule has 0 amide bonds. The van der Waals surface area contributed by atoms with Gasteiger partial charge in [0, 0.05) is 36.5 Å². The third-order valence-corrected chi connectivity index (χ3v) is 5.81. The molecule has 2 N–H and O–H groups in total. The maximum absolute atomic E-state index is 13.1. The second kappa shape index (κ2) is 8.93. The van der Waals surface area contributed by atoms with Gasteiger partial charge in [-0.05, 0) is 50.5 Å². The van der Waals surface area contributed by atoms with Crippen LogP contribution in [0.15, 0.2) is 63.8 Å². The van der Waals surface area contributed by atoms with Gasteiger partial charge in [-0.1, -0.05) is 30.3 Å². The summed E-state index contributed by atoms with van der Waals surface area (Å²) in [5.41, 5.74) is 10.4. The summed E-state index contributed by atoms with van der Waals surface area (Å²) in [7, 11) is 0. The second-order valence-electron chi connectivity index (χ2n) is 7.97. The zero-order valence-corrected chi connectivity index (χ0v) is 18.6. The minimum atomic E-state index is -0.663. The fourth-order valence-corrected chi connectivity index (χ4v) is 4.03. The van der Waals surface area contributed by atoms with Crippen LogP contribution < -0.4 is 16.1 Å². The predicted octanol–water partition coefficient (Wildman–Crippen LogP) is 4.20. The Labute approximate surface area is 187 Å². The molecule has 32 heavy (non-hydrogen) atoms. The largest absolute Gasteiger partial charge is 0.453 e. The fourth-order valence-electron chi connectivity index (χ4n) is 4.03. The van der Waals surface area contributed by atoms with Crippen molar-refractivity contribution in [3.63, 3.8) is 0 Å². The predicted molar refractivity (Wildman–Crippen MR) is 128 cm³/mol. The number of ketones is 1. The van der Waals surface area contributed by atoms with E-state index < -0.39 is 6.04 Å². The van der Waals surface area contributed by atoms with Crippen molar-refractivity contribution >= 4 is 22.6 Å². The Balaban J connectivity index is 1.76. The number of hydrogen-bond donors (Lipinski definition) is 1. The van der Waals surface area contributed by atoms with Crippen LogP contribution in [0, 0.1) is 6.92 Å². The molecule has 2 aliphatic rings. The van der Waals surface area contributed by atoms with Crippen LogP contribution in [-0.4, -0.2) is 29.9 Å². The van der Waals surface area contributed by atoms with E-state index in [0.717, 1.165) is 29.9 Å². The van der Waals surface area contributed by atoms with Gasteiger partial charge in [-0.3, -0.25) is 9.59 Å². The smallest absolute Gasteiger partial charge is 0.210 e. The number of anilines is 1. The van der Waals surface area contributed by atoms with Crippen molar-refractivity contribution in [2.75, 3.05) is 18.0 Å². The molecule has 1 aliphatic carbocycles. The molecule has 0 radical (unpaired) electrons. The normalized spacial score (nSPS) is 12.2. The minimum Gasteiger partial charge on any atom is -0.453 e. The lowest BCUT2D eigenvalue weighted by molar-refractivity contribution is 0.0960. The molecule has 6 heteroatoms. The van der Waals surface area contributed by atoms with Crippen LogP contribution in [0.2, 0.25) is 0 Å². The van der Waals surface area contributed by atoms with Crippen LogP contribution in [0.1, 0.15) is 35.3 Å². The maximum atomic E-state index is 13.1. The van der Waals surface area contributed by atoms with Crippen molar-refractivity contribution in [1.82, 2.24) is 4.98 Å². The molecule has 0 aromatic heterocycles. The Bertz CT molecular complexity index is 1290. The average Bonchev–Trinajstić information content (AvgIpc) is 2.79. The van der Waals surface area contributed by atoms with E-state index in [1.165, 1.54) is 0 Å². The van der Waals surface area contributed by atoms with Crippen LogP contribution in [0.25, 0.3) is 22.6 Å². The van der Waals surface area contributed by atoms with Crippen molar-refractivity contribution in [3.05, 3.63) is 81.5 Å². The fraction of sp³-hybridized carbons (Fsp3) is 0.269. The number of nitrogens with two attached hydrogens (primary N) is 1. The number of Topliss-reactive ketones (excluding diaryl/α,β-unsaturated/α-hetero) is 1. The van der Waals surface area contributed by atoms with E-state index in [2.05, 4.69) is 9.88 Å². The Morgan fingerprint density at radius 3 is 2.50 bits per heavy atom. The Hall–Kier alpha value is -3.51. The van der Waals surface area contributed by atoms with Gasteiger partial charge in [0.25, 0.3) is 0 Å². The lowest BCUT2D eigenvalue weighted by Gasteiger charge is -2.21. The summed E-state index contributed by atoms with van der Waals surface area (Å²) in [6.45, 7) is 7.47. The molecule has 2 aromatic rings. The molecule has 0 spiro atoms. The number of carbonyl (C=O) groups excluding carboxylic acids is 1. The first-order chi connectivity index (χ1) is 15.4. The molecule has 0 fully saturated rings. The summed E-state index contributed by atoms with van der Waals surface area (Å²) >= 11 is 0. The Morgan fingerprint density at radius 1 is 1.09 bits per heavy atom. The highest BCUT2D eigenvalue weighted by Crippen LogP contribution is 2.28. The number of rotatable bonds is 7. The van der Waals surface area contributed by atoms with Crippen molar-refractivity contribution in [2.45, 2.75) is 33.2 Å². The van der Waals surface area contributed by atoms with Gasteiger partial charge < -0.3 is 15.1 Å². The Morgan fingerprint density at radius 2 is 1.81 bits per heavy atom. The number of nitrogens with zero attached hydrogens (tertiary/aromatic N) is 2. The first-order valence-electron chi connectivity index (χ1n) is 10.9. The van der Waals surface area contributed by atoms with E-state index in [1.54, 1.807) is 18.2 Å². The van der Waals surface area contributed by atoms with Gasteiger partial charge in [0.1, 0.15) is 5.52 Å². The number of aryl methyl sites for hydroxylation is 1. The van der Waals surface area contributed by atoms with Gasteiger partial charge in [0.05, 0.1) is 6.04 Å². The van der Waals surface area contributed by atoms with Gasteiger partial charge in [0.2, 0.25) is 5.43 Å². The molecule has 6 nitrogen and oxygen atoms in total. The van der Waals surface area contributed by atoms with Crippen LogP contribution in [0.5, 0.6) is 0 Å². The van der Waals surface area contributed by atoms with Crippen LogP contribution in [-0.2, 0) is 6.42 Å². The van der Waals surface area contributed by atoms with Crippen molar-refractivity contribution < 1.29 is 9.21 Å². The molecule has 0 unspecified atom stereocenters. The van der Waals surface area contributed by atoms with Gasteiger partial charge in [-0.25, -0.2) is 4.98 Å². The van der Waals surface area contributed by atoms with E-state index in [9.17, 15) is 9.59 Å². The third-order valence-electron chi connectivity index (χ3n) is 5.81. The molecule has 0 bridgehead atoms. The topological polar surface area (TPSA) is 89.4 Å². The molecule has 4 rings (SSSR count). The summed E-state index contributed by atoms with van der Waals surface area (Å²) in [4.78, 5) is 32.4. The summed E-state index contributed by atoms with van der Waals surface area (Å²) in [5.74, 6) is 0.257. The van der Waals surface area contributed by atoms with E-state index in [0.29, 0.717) is 28.8 Å². The minimum absolute atomic E-state index is 0.148. The van der Waals surface area contributed by atoms with E-state index in [-0.39, 0.29) is 16.9 Å². The number of benzene rings is 3. The summed E-state index contributed by atoms with van der Waals surface area (Å²) in [6.07, 6.45) is 0.455. The van der Waals surface area contributed by atoms with Crippen molar-refractivity contribution in [1.29, 1.82) is 0 Å². The molecule has 2 aromatic carbocycles. The molecule has 1 aliphatic heterocycles. The van der Waals surface area contributed by atoms with Gasteiger partial charge in [0.15, 0.2) is 22.8 Å². The second-order valence-corrected chi connectivity index (χ2v) is 7.97. The van der Waals surface area contributed by atoms with Gasteiger partial charge in [-0.2, -0.15) is 0 Å². The highest BCUT2D eigenvalue weighted by Gasteiger charge is 2.21. The first kappa shape index (κ1) is 21.7. The monoisotopic (exact) mass is 429 g/mol. The summed E-state index contributed by atoms with van der Waals surface area (Å²) in [5, 5.41) is 0.